The molecule has 1 N–H and O–H groups in total. The topological polar surface area (TPSA) is 86.8 Å². The Kier molecular flexibility index (Phi) is 7.37. The van der Waals surface area contributed by atoms with Crippen LogP contribution in [0.1, 0.15) is 15.9 Å². The second-order valence-electron chi connectivity index (χ2n) is 7.55. The summed E-state index contributed by atoms with van der Waals surface area (Å²) >= 11 is 0. The van der Waals surface area contributed by atoms with Gasteiger partial charge in [-0.3, -0.25) is 14.6 Å². The molecule has 0 bridgehead atoms. The van der Waals surface area contributed by atoms with E-state index in [0.717, 1.165) is 10.9 Å². The zero-order chi connectivity index (χ0) is 24.6. The molecule has 0 aliphatic rings. The van der Waals surface area contributed by atoms with Crippen molar-refractivity contribution in [3.05, 3.63) is 96.2 Å². The average molecular weight is 469 g/mol. The maximum absolute atomic E-state index is 12.6. The number of para-hydroxylation sites is 1. The van der Waals surface area contributed by atoms with Crippen molar-refractivity contribution < 1.29 is 23.8 Å². The Bertz CT molecular complexity index is 1370. The van der Waals surface area contributed by atoms with E-state index in [9.17, 15) is 9.59 Å². The number of fused-ring (bicyclic) bond motifs is 1. The number of aromatic nitrogens is 1. The van der Waals surface area contributed by atoms with Gasteiger partial charge >= 0.3 is 0 Å². The number of hydrogen-bond acceptors (Lipinski definition) is 6. The molecule has 0 radical (unpaired) electrons. The minimum atomic E-state index is -0.318. The van der Waals surface area contributed by atoms with E-state index in [2.05, 4.69) is 10.3 Å². The molecule has 0 aliphatic heterocycles. The maximum Gasteiger partial charge on any atom is 0.262 e. The van der Waals surface area contributed by atoms with E-state index < -0.39 is 0 Å². The summed E-state index contributed by atoms with van der Waals surface area (Å²) in [6.07, 6.45) is 4.83. The van der Waals surface area contributed by atoms with Crippen LogP contribution < -0.4 is 19.5 Å². The van der Waals surface area contributed by atoms with Gasteiger partial charge in [-0.05, 0) is 66.7 Å². The van der Waals surface area contributed by atoms with Crippen LogP contribution in [-0.4, -0.2) is 37.5 Å². The highest BCUT2D eigenvalue weighted by Gasteiger charge is 2.09. The van der Waals surface area contributed by atoms with E-state index in [1.807, 2.05) is 24.3 Å². The number of ether oxygens (including phenoxy) is 3. The molecule has 4 aromatic rings. The van der Waals surface area contributed by atoms with Gasteiger partial charge in [-0.25, -0.2) is 0 Å². The number of anilines is 1. The molecular formula is C28H24N2O5. The third kappa shape index (κ3) is 5.83. The van der Waals surface area contributed by atoms with Gasteiger partial charge in [-0.1, -0.05) is 18.2 Å². The normalized spacial score (nSPS) is 10.8. The number of nitrogens with zero attached hydrogens (tertiary/aromatic N) is 1. The number of rotatable bonds is 9. The Morgan fingerprint density at radius 2 is 1.71 bits per heavy atom. The summed E-state index contributed by atoms with van der Waals surface area (Å²) in [5, 5.41) is 3.70. The molecule has 0 aliphatic carbocycles. The minimum absolute atomic E-state index is 0.165. The molecule has 4 rings (SSSR count). The van der Waals surface area contributed by atoms with Crippen molar-refractivity contribution in [3.8, 4) is 17.2 Å². The zero-order valence-electron chi connectivity index (χ0n) is 19.4. The molecule has 7 heteroatoms. The molecule has 1 heterocycles. The van der Waals surface area contributed by atoms with Gasteiger partial charge in [0.2, 0.25) is 0 Å². The largest absolute Gasteiger partial charge is 0.497 e. The second-order valence-corrected chi connectivity index (χ2v) is 7.55. The number of pyridine rings is 1. The van der Waals surface area contributed by atoms with Crippen molar-refractivity contribution in [2.75, 3.05) is 26.1 Å². The molecule has 0 fully saturated rings. The number of amides is 1. The predicted molar refractivity (Wildman–Crippen MR) is 135 cm³/mol. The van der Waals surface area contributed by atoms with Gasteiger partial charge in [0, 0.05) is 28.4 Å². The highest BCUT2D eigenvalue weighted by atomic mass is 16.5. The number of hydrogen-bond donors (Lipinski definition) is 1. The van der Waals surface area contributed by atoms with Crippen molar-refractivity contribution in [2.45, 2.75) is 0 Å². The standard InChI is InChI=1S/C28H24N2O5/c1-33-23-13-15-25(34-2)21(17-23)10-14-24(31)19-8-11-22(12-9-19)30-27(32)18-35-26-7-3-5-20-6-4-16-29-28(20)26/h3-17H,18H2,1-2H3,(H,30,32)/b14-10+. The molecule has 0 saturated carbocycles. The van der Waals surface area contributed by atoms with Crippen molar-refractivity contribution in [3.63, 3.8) is 0 Å². The van der Waals surface area contributed by atoms with E-state index in [1.165, 1.54) is 6.08 Å². The van der Waals surface area contributed by atoms with Crippen LogP contribution in [0.25, 0.3) is 17.0 Å². The van der Waals surface area contributed by atoms with E-state index >= 15 is 0 Å². The first-order valence-corrected chi connectivity index (χ1v) is 10.9. The second kappa shape index (κ2) is 11.0. The van der Waals surface area contributed by atoms with Crippen LogP contribution in [0.3, 0.4) is 0 Å². The number of allylic oxidation sites excluding steroid dienone is 1. The van der Waals surface area contributed by atoms with Crippen molar-refractivity contribution in [2.24, 2.45) is 0 Å². The van der Waals surface area contributed by atoms with E-state index in [1.54, 1.807) is 75.0 Å². The quantitative estimate of drug-likeness (QED) is 0.270. The summed E-state index contributed by atoms with van der Waals surface area (Å²) in [4.78, 5) is 29.3. The fourth-order valence-electron chi connectivity index (χ4n) is 3.48. The summed E-state index contributed by atoms with van der Waals surface area (Å²) in [7, 11) is 3.14. The van der Waals surface area contributed by atoms with Crippen molar-refractivity contribution >= 4 is 34.4 Å². The number of carbonyl (C=O) groups is 2. The van der Waals surface area contributed by atoms with Gasteiger partial charge in [0.1, 0.15) is 22.8 Å². The van der Waals surface area contributed by atoms with Gasteiger partial charge < -0.3 is 19.5 Å². The summed E-state index contributed by atoms with van der Waals surface area (Å²) < 4.78 is 16.2. The molecular weight excluding hydrogens is 444 g/mol. The molecule has 7 nitrogen and oxygen atoms in total. The third-order valence-electron chi connectivity index (χ3n) is 5.26. The number of methoxy groups -OCH3 is 2. The van der Waals surface area contributed by atoms with Crippen LogP contribution in [0, 0.1) is 0 Å². The Balaban J connectivity index is 1.36. The Morgan fingerprint density at radius 3 is 2.49 bits per heavy atom. The van der Waals surface area contributed by atoms with E-state index in [4.69, 9.17) is 14.2 Å². The number of carbonyl (C=O) groups excluding carboxylic acids is 2. The summed E-state index contributed by atoms with van der Waals surface area (Å²) in [6, 6.07) is 21.3. The van der Waals surface area contributed by atoms with Gasteiger partial charge in [0.25, 0.3) is 5.91 Å². The monoisotopic (exact) mass is 468 g/mol. The lowest BCUT2D eigenvalue weighted by atomic mass is 10.1. The summed E-state index contributed by atoms with van der Waals surface area (Å²) in [5.74, 6) is 1.34. The molecule has 0 atom stereocenters. The predicted octanol–water partition coefficient (Wildman–Crippen LogP) is 5.17. The van der Waals surface area contributed by atoms with Crippen LogP contribution in [-0.2, 0) is 4.79 Å². The first-order chi connectivity index (χ1) is 17.1. The number of nitrogens with one attached hydrogen (secondary N) is 1. The third-order valence-corrected chi connectivity index (χ3v) is 5.26. The van der Waals surface area contributed by atoms with Gasteiger partial charge in [-0.15, -0.1) is 0 Å². The first-order valence-electron chi connectivity index (χ1n) is 10.9. The Labute approximate surface area is 203 Å². The Morgan fingerprint density at radius 1 is 0.914 bits per heavy atom. The minimum Gasteiger partial charge on any atom is -0.497 e. The van der Waals surface area contributed by atoms with Crippen molar-refractivity contribution in [1.29, 1.82) is 0 Å². The zero-order valence-corrected chi connectivity index (χ0v) is 19.4. The van der Waals surface area contributed by atoms with Gasteiger partial charge in [-0.2, -0.15) is 0 Å². The lowest BCUT2D eigenvalue weighted by Gasteiger charge is -2.09. The fraction of sp³-hybridized carbons (Fsp3) is 0.107. The Hall–Kier alpha value is -4.65. The molecule has 0 spiro atoms. The van der Waals surface area contributed by atoms with Crippen molar-refractivity contribution in [1.82, 2.24) is 4.98 Å². The molecule has 176 valence electrons. The van der Waals surface area contributed by atoms with Gasteiger partial charge in [0.15, 0.2) is 12.4 Å². The SMILES string of the molecule is COc1ccc(OC)c(/C=C/C(=O)c2ccc(NC(=O)COc3cccc4cccnc34)cc2)c1. The average Bonchev–Trinajstić information content (AvgIpc) is 2.90. The molecule has 1 amide bonds. The van der Waals surface area contributed by atoms with Gasteiger partial charge in [0.05, 0.1) is 14.2 Å². The van der Waals surface area contributed by atoms with Crippen LogP contribution in [0.2, 0.25) is 0 Å². The molecule has 0 saturated heterocycles. The first kappa shape index (κ1) is 23.5. The molecule has 0 unspecified atom stereocenters. The number of ketones is 1. The lowest BCUT2D eigenvalue weighted by Crippen LogP contribution is -2.20. The summed E-state index contributed by atoms with van der Waals surface area (Å²) in [5.41, 5.74) is 2.47. The lowest BCUT2D eigenvalue weighted by molar-refractivity contribution is -0.118. The highest BCUT2D eigenvalue weighted by Crippen LogP contribution is 2.25. The smallest absolute Gasteiger partial charge is 0.262 e. The molecule has 3 aromatic carbocycles. The van der Waals surface area contributed by atoms with Crippen LogP contribution >= 0.6 is 0 Å². The molecule has 1 aromatic heterocycles. The van der Waals surface area contributed by atoms with E-state index in [0.29, 0.717) is 34.0 Å². The number of benzene rings is 3. The summed E-state index contributed by atoms with van der Waals surface area (Å²) in [6.45, 7) is -0.165. The fourth-order valence-corrected chi connectivity index (χ4v) is 3.48. The molecule has 35 heavy (non-hydrogen) atoms. The van der Waals surface area contributed by atoms with Crippen LogP contribution in [0.15, 0.2) is 85.1 Å². The van der Waals surface area contributed by atoms with Crippen LogP contribution in [0.5, 0.6) is 17.2 Å². The van der Waals surface area contributed by atoms with Crippen LogP contribution in [0.4, 0.5) is 5.69 Å². The highest BCUT2D eigenvalue weighted by molar-refractivity contribution is 6.07. The van der Waals surface area contributed by atoms with E-state index in [-0.39, 0.29) is 18.3 Å². The maximum atomic E-state index is 12.6.